The van der Waals surface area contributed by atoms with E-state index in [9.17, 15) is 0 Å². The molecule has 1 saturated carbocycles. The normalized spacial score (nSPS) is 36.7. The third-order valence-electron chi connectivity index (χ3n) is 4.45. The molecule has 0 aromatic heterocycles. The van der Waals surface area contributed by atoms with E-state index in [0.29, 0.717) is 5.92 Å². The summed E-state index contributed by atoms with van der Waals surface area (Å²) in [4.78, 5) is 4.91. The van der Waals surface area contributed by atoms with Crippen molar-refractivity contribution in [3.05, 3.63) is 0 Å². The third-order valence-corrected chi connectivity index (χ3v) is 4.45. The number of hydrogen-bond donors (Lipinski definition) is 1. The molecule has 3 heteroatoms. The topological polar surface area (TPSA) is 30.3 Å². The lowest BCUT2D eigenvalue weighted by Crippen LogP contribution is -2.40. The summed E-state index contributed by atoms with van der Waals surface area (Å²) < 4.78 is 0. The van der Waals surface area contributed by atoms with E-state index in [1.165, 1.54) is 32.1 Å². The highest BCUT2D eigenvalue weighted by Crippen LogP contribution is 2.34. The molecule has 2 aliphatic heterocycles. The van der Waals surface area contributed by atoms with Crippen LogP contribution in [0.4, 0.5) is 0 Å². The summed E-state index contributed by atoms with van der Waals surface area (Å²) in [5.41, 5.74) is 0. The van der Waals surface area contributed by atoms with Gasteiger partial charge in [-0.3, -0.25) is 10.3 Å². The van der Waals surface area contributed by atoms with Gasteiger partial charge in [-0.1, -0.05) is 0 Å². The van der Waals surface area contributed by atoms with Gasteiger partial charge in [-0.15, -0.1) is 0 Å². The molecule has 2 atom stereocenters. The van der Waals surface area contributed by atoms with Crippen LogP contribution in [-0.4, -0.2) is 47.9 Å². The SMILES string of the molecule is CN1C2CCC1CN(C(=N)C1CC1)CC2. The lowest BCUT2D eigenvalue weighted by Gasteiger charge is -2.27. The summed E-state index contributed by atoms with van der Waals surface area (Å²) in [5.74, 6) is 1.56. The van der Waals surface area contributed by atoms with Crippen LogP contribution in [0.15, 0.2) is 0 Å². The molecule has 0 aromatic rings. The quantitative estimate of drug-likeness (QED) is 0.522. The minimum absolute atomic E-state index is 0.618. The van der Waals surface area contributed by atoms with E-state index < -0.39 is 0 Å². The predicted molar refractivity (Wildman–Crippen MR) is 61.2 cm³/mol. The maximum Gasteiger partial charge on any atom is 0.0990 e. The fraction of sp³-hybridized carbons (Fsp3) is 0.917. The van der Waals surface area contributed by atoms with Crippen LogP contribution in [0.1, 0.15) is 32.1 Å². The van der Waals surface area contributed by atoms with Gasteiger partial charge in [-0.05, 0) is 39.2 Å². The fourth-order valence-electron chi connectivity index (χ4n) is 3.14. The second-order valence-corrected chi connectivity index (χ2v) is 5.44. The zero-order chi connectivity index (χ0) is 10.4. The van der Waals surface area contributed by atoms with Crippen LogP contribution in [0.2, 0.25) is 0 Å². The molecule has 0 spiro atoms. The van der Waals surface area contributed by atoms with Crippen molar-refractivity contribution in [3.63, 3.8) is 0 Å². The summed E-state index contributed by atoms with van der Waals surface area (Å²) in [6.45, 7) is 2.24. The van der Waals surface area contributed by atoms with Crippen LogP contribution in [0.3, 0.4) is 0 Å². The van der Waals surface area contributed by atoms with Crippen molar-refractivity contribution in [2.75, 3.05) is 20.1 Å². The Labute approximate surface area is 91.9 Å². The molecule has 3 nitrogen and oxygen atoms in total. The molecule has 0 amide bonds. The number of nitrogens with one attached hydrogen (secondary N) is 1. The lowest BCUT2D eigenvalue weighted by molar-refractivity contribution is 0.245. The van der Waals surface area contributed by atoms with Crippen LogP contribution in [-0.2, 0) is 0 Å². The van der Waals surface area contributed by atoms with Gasteiger partial charge in [0.1, 0.15) is 0 Å². The van der Waals surface area contributed by atoms with E-state index in [1.54, 1.807) is 0 Å². The van der Waals surface area contributed by atoms with Crippen LogP contribution < -0.4 is 0 Å². The molecule has 3 aliphatic rings. The molecule has 2 saturated heterocycles. The van der Waals surface area contributed by atoms with Crippen molar-refractivity contribution >= 4 is 5.84 Å². The molecule has 15 heavy (non-hydrogen) atoms. The van der Waals surface area contributed by atoms with Crippen molar-refractivity contribution in [3.8, 4) is 0 Å². The van der Waals surface area contributed by atoms with Crippen LogP contribution >= 0.6 is 0 Å². The first-order valence-electron chi connectivity index (χ1n) is 6.31. The Morgan fingerprint density at radius 1 is 1.07 bits per heavy atom. The van der Waals surface area contributed by atoms with Crippen molar-refractivity contribution in [2.24, 2.45) is 5.92 Å². The largest absolute Gasteiger partial charge is 0.359 e. The van der Waals surface area contributed by atoms with Gasteiger partial charge in [0.2, 0.25) is 0 Å². The summed E-state index contributed by atoms with van der Waals surface area (Å²) in [5, 5.41) is 8.15. The Hall–Kier alpha value is -0.570. The molecule has 0 aromatic carbocycles. The van der Waals surface area contributed by atoms with Crippen molar-refractivity contribution < 1.29 is 0 Å². The van der Waals surface area contributed by atoms with E-state index >= 15 is 0 Å². The highest BCUT2D eigenvalue weighted by molar-refractivity contribution is 5.83. The minimum atomic E-state index is 0.618. The smallest absolute Gasteiger partial charge is 0.0990 e. The Morgan fingerprint density at radius 3 is 2.53 bits per heavy atom. The van der Waals surface area contributed by atoms with Crippen LogP contribution in [0.25, 0.3) is 0 Å². The summed E-state index contributed by atoms with van der Waals surface area (Å²) in [6.07, 6.45) is 6.52. The molecule has 2 bridgehead atoms. The average molecular weight is 207 g/mol. The number of amidine groups is 1. The number of rotatable bonds is 1. The lowest BCUT2D eigenvalue weighted by atomic mass is 10.1. The van der Waals surface area contributed by atoms with Crippen molar-refractivity contribution in [1.82, 2.24) is 9.80 Å². The van der Waals surface area contributed by atoms with E-state index in [-0.39, 0.29) is 0 Å². The number of likely N-dealkylation sites (tertiary alicyclic amines) is 1. The molecule has 2 heterocycles. The predicted octanol–water partition coefficient (Wildman–Crippen LogP) is 1.54. The molecular weight excluding hydrogens is 186 g/mol. The van der Waals surface area contributed by atoms with Gasteiger partial charge in [0.05, 0.1) is 5.84 Å². The monoisotopic (exact) mass is 207 g/mol. The zero-order valence-corrected chi connectivity index (χ0v) is 9.58. The van der Waals surface area contributed by atoms with Gasteiger partial charge in [0.25, 0.3) is 0 Å². The Balaban J connectivity index is 1.69. The zero-order valence-electron chi connectivity index (χ0n) is 9.58. The van der Waals surface area contributed by atoms with Crippen LogP contribution in [0, 0.1) is 11.3 Å². The molecule has 2 unspecified atom stereocenters. The van der Waals surface area contributed by atoms with E-state index in [1.807, 2.05) is 0 Å². The average Bonchev–Trinajstić information content (AvgIpc) is 2.96. The molecule has 1 aliphatic carbocycles. The first-order chi connectivity index (χ1) is 7.25. The van der Waals surface area contributed by atoms with E-state index in [0.717, 1.165) is 31.0 Å². The second-order valence-electron chi connectivity index (χ2n) is 5.44. The molecule has 1 N–H and O–H groups in total. The van der Waals surface area contributed by atoms with Gasteiger partial charge in [0.15, 0.2) is 0 Å². The van der Waals surface area contributed by atoms with Gasteiger partial charge in [0, 0.05) is 31.1 Å². The molecule has 3 rings (SSSR count). The molecule has 84 valence electrons. The van der Waals surface area contributed by atoms with E-state index in [4.69, 9.17) is 5.41 Å². The fourth-order valence-corrected chi connectivity index (χ4v) is 3.14. The Bertz CT molecular complexity index is 272. The Morgan fingerprint density at radius 2 is 1.80 bits per heavy atom. The maximum atomic E-state index is 8.15. The third kappa shape index (κ3) is 1.67. The second kappa shape index (κ2) is 3.48. The van der Waals surface area contributed by atoms with Crippen molar-refractivity contribution in [1.29, 1.82) is 5.41 Å². The molecule has 0 radical (unpaired) electrons. The minimum Gasteiger partial charge on any atom is -0.359 e. The first-order valence-corrected chi connectivity index (χ1v) is 6.31. The first kappa shape index (κ1) is 9.64. The molecule has 3 fully saturated rings. The van der Waals surface area contributed by atoms with E-state index in [2.05, 4.69) is 16.8 Å². The van der Waals surface area contributed by atoms with Gasteiger partial charge < -0.3 is 4.90 Å². The van der Waals surface area contributed by atoms with Crippen molar-refractivity contribution in [2.45, 2.75) is 44.2 Å². The van der Waals surface area contributed by atoms with Gasteiger partial charge in [-0.25, -0.2) is 0 Å². The number of nitrogens with zero attached hydrogens (tertiary/aromatic N) is 2. The van der Waals surface area contributed by atoms with Crippen LogP contribution in [0.5, 0.6) is 0 Å². The number of hydrogen-bond acceptors (Lipinski definition) is 2. The number of fused-ring (bicyclic) bond motifs is 2. The van der Waals surface area contributed by atoms with Gasteiger partial charge >= 0.3 is 0 Å². The highest BCUT2D eigenvalue weighted by atomic mass is 15.3. The number of likely N-dealkylation sites (N-methyl/N-ethyl adjacent to an activating group) is 1. The standard InChI is InChI=1S/C12H21N3/c1-14-10-4-5-11(14)8-15(7-6-10)12(13)9-2-3-9/h9-11,13H,2-8H2,1H3. The van der Waals surface area contributed by atoms with Gasteiger partial charge in [-0.2, -0.15) is 0 Å². The Kier molecular flexibility index (Phi) is 2.23. The summed E-state index contributed by atoms with van der Waals surface area (Å²) >= 11 is 0. The molecular formula is C12H21N3. The summed E-state index contributed by atoms with van der Waals surface area (Å²) in [6, 6.07) is 1.52. The maximum absolute atomic E-state index is 8.15. The summed E-state index contributed by atoms with van der Waals surface area (Å²) in [7, 11) is 2.27. The highest BCUT2D eigenvalue weighted by Gasteiger charge is 2.38.